The van der Waals surface area contributed by atoms with E-state index in [0.717, 1.165) is 16.3 Å². The summed E-state index contributed by atoms with van der Waals surface area (Å²) < 4.78 is 1.65. The smallest absolute Gasteiger partial charge is 0.103 e. The van der Waals surface area contributed by atoms with Crippen molar-refractivity contribution >= 4 is 23.4 Å². The van der Waals surface area contributed by atoms with E-state index < -0.39 is 0 Å². The second-order valence-electron chi connectivity index (χ2n) is 3.47. The van der Waals surface area contributed by atoms with Crippen LogP contribution in [0.2, 0.25) is 5.02 Å². The maximum atomic E-state index is 9.23. The number of rotatable bonds is 2. The summed E-state index contributed by atoms with van der Waals surface area (Å²) in [4.78, 5) is 0.939. The van der Waals surface area contributed by atoms with Crippen molar-refractivity contribution in [2.75, 3.05) is 6.26 Å². The van der Waals surface area contributed by atoms with E-state index >= 15 is 0 Å². The molecule has 1 heterocycles. The van der Waals surface area contributed by atoms with Gasteiger partial charge < -0.3 is 0 Å². The van der Waals surface area contributed by atoms with Gasteiger partial charge in [-0.2, -0.15) is 10.4 Å². The zero-order valence-electron chi connectivity index (χ0n) is 9.44. The molecule has 0 amide bonds. The Kier molecular flexibility index (Phi) is 3.41. The lowest BCUT2D eigenvalue weighted by molar-refractivity contribution is 0.856. The Balaban J connectivity index is 2.63. The van der Waals surface area contributed by atoms with Crippen LogP contribution in [0.3, 0.4) is 0 Å². The molecule has 1 aromatic heterocycles. The number of aryl methyl sites for hydroxylation is 1. The van der Waals surface area contributed by atoms with Crippen molar-refractivity contribution in [3.05, 3.63) is 40.7 Å². The van der Waals surface area contributed by atoms with E-state index in [1.165, 1.54) is 0 Å². The van der Waals surface area contributed by atoms with Crippen molar-refractivity contribution < 1.29 is 0 Å². The predicted molar refractivity (Wildman–Crippen MR) is 69.8 cm³/mol. The van der Waals surface area contributed by atoms with Crippen LogP contribution in [0, 0.1) is 18.3 Å². The number of hydrogen-bond donors (Lipinski definition) is 0. The van der Waals surface area contributed by atoms with Crippen LogP contribution in [0.1, 0.15) is 11.3 Å². The van der Waals surface area contributed by atoms with Crippen molar-refractivity contribution in [2.24, 2.45) is 0 Å². The molecule has 5 heteroatoms. The summed E-state index contributed by atoms with van der Waals surface area (Å²) in [6.07, 6.45) is 3.67. The van der Waals surface area contributed by atoms with Crippen LogP contribution in [0.15, 0.2) is 29.3 Å². The average Bonchev–Trinajstić information content (AvgIpc) is 2.68. The monoisotopic (exact) mass is 263 g/mol. The average molecular weight is 264 g/mol. The first-order valence-electron chi connectivity index (χ1n) is 4.96. The van der Waals surface area contributed by atoms with Crippen LogP contribution in [0.4, 0.5) is 0 Å². The summed E-state index contributed by atoms with van der Waals surface area (Å²) in [5.74, 6) is 0. The second kappa shape index (κ2) is 4.82. The molecule has 0 N–H and O–H groups in total. The lowest BCUT2D eigenvalue weighted by Gasteiger charge is -2.07. The Morgan fingerprint density at radius 1 is 1.47 bits per heavy atom. The third-order valence-corrected chi connectivity index (χ3v) is 3.57. The summed E-state index contributed by atoms with van der Waals surface area (Å²) in [6.45, 7) is 1.84. The Bertz CT molecular complexity index is 579. The molecule has 0 aliphatic heterocycles. The van der Waals surface area contributed by atoms with Crippen LogP contribution < -0.4 is 0 Å². The van der Waals surface area contributed by atoms with Gasteiger partial charge >= 0.3 is 0 Å². The number of halogens is 1. The van der Waals surface area contributed by atoms with E-state index in [-0.39, 0.29) is 0 Å². The number of nitrogens with zero attached hydrogens (tertiary/aromatic N) is 3. The van der Waals surface area contributed by atoms with Gasteiger partial charge in [0.15, 0.2) is 0 Å². The highest BCUT2D eigenvalue weighted by molar-refractivity contribution is 7.98. The molecule has 0 saturated carbocycles. The third kappa shape index (κ3) is 2.17. The number of benzene rings is 1. The van der Waals surface area contributed by atoms with Gasteiger partial charge in [-0.25, -0.2) is 4.68 Å². The normalized spacial score (nSPS) is 10.2. The fourth-order valence-corrected chi connectivity index (χ4v) is 2.25. The highest BCUT2D eigenvalue weighted by atomic mass is 35.5. The standard InChI is InChI=1S/C12H10ClN3S/c1-8-10(13)7-16(15-8)11-4-3-5-12(17-2)9(11)6-14/h3-5,7H,1-2H3. The van der Waals surface area contributed by atoms with Crippen molar-refractivity contribution in [3.63, 3.8) is 0 Å². The Hall–Kier alpha value is -1.44. The van der Waals surface area contributed by atoms with Gasteiger partial charge in [0, 0.05) is 11.1 Å². The Labute approximate surface area is 109 Å². The molecule has 2 rings (SSSR count). The van der Waals surface area contributed by atoms with E-state index in [4.69, 9.17) is 11.6 Å². The largest absolute Gasteiger partial charge is 0.238 e. The van der Waals surface area contributed by atoms with Crippen LogP contribution >= 0.6 is 23.4 Å². The first-order valence-corrected chi connectivity index (χ1v) is 6.57. The van der Waals surface area contributed by atoms with Gasteiger partial charge in [-0.3, -0.25) is 0 Å². The second-order valence-corrected chi connectivity index (χ2v) is 4.73. The lowest BCUT2D eigenvalue weighted by atomic mass is 10.2. The van der Waals surface area contributed by atoms with Crippen molar-refractivity contribution in [3.8, 4) is 11.8 Å². The molecule has 0 spiro atoms. The molecule has 0 fully saturated rings. The Morgan fingerprint density at radius 3 is 2.76 bits per heavy atom. The fraction of sp³-hybridized carbons (Fsp3) is 0.167. The summed E-state index contributed by atoms with van der Waals surface area (Å²) in [6, 6.07) is 7.91. The molecule has 0 saturated heterocycles. The Morgan fingerprint density at radius 2 is 2.24 bits per heavy atom. The van der Waals surface area contributed by atoms with Gasteiger partial charge in [0.05, 0.1) is 22.0 Å². The molecular weight excluding hydrogens is 254 g/mol. The molecule has 0 radical (unpaired) electrons. The molecule has 1 aromatic carbocycles. The maximum Gasteiger partial charge on any atom is 0.103 e. The first kappa shape index (κ1) is 12.0. The maximum absolute atomic E-state index is 9.23. The van der Waals surface area contributed by atoms with E-state index in [1.54, 1.807) is 22.6 Å². The third-order valence-electron chi connectivity index (χ3n) is 2.42. The van der Waals surface area contributed by atoms with Gasteiger partial charge in [-0.05, 0) is 25.3 Å². The minimum absolute atomic E-state index is 0.600. The number of hydrogen-bond acceptors (Lipinski definition) is 3. The quantitative estimate of drug-likeness (QED) is 0.780. The molecule has 0 unspecified atom stereocenters. The molecule has 0 bridgehead atoms. The molecule has 86 valence electrons. The number of thioether (sulfide) groups is 1. The predicted octanol–water partition coefficient (Wildman–Crippen LogP) is 3.43. The van der Waals surface area contributed by atoms with Crippen LogP contribution in [-0.2, 0) is 0 Å². The summed E-state index contributed by atoms with van der Waals surface area (Å²) in [5, 5.41) is 14.1. The number of aromatic nitrogens is 2. The first-order chi connectivity index (χ1) is 8.17. The SMILES string of the molecule is CSc1cccc(-n2cc(Cl)c(C)n2)c1C#N. The minimum atomic E-state index is 0.600. The van der Waals surface area contributed by atoms with E-state index in [9.17, 15) is 5.26 Å². The summed E-state index contributed by atoms with van der Waals surface area (Å²) in [5.41, 5.74) is 2.14. The van der Waals surface area contributed by atoms with Crippen molar-refractivity contribution in [1.82, 2.24) is 9.78 Å². The van der Waals surface area contributed by atoms with Crippen molar-refractivity contribution in [1.29, 1.82) is 5.26 Å². The summed E-state index contributed by atoms with van der Waals surface area (Å²) >= 11 is 7.52. The molecule has 3 nitrogen and oxygen atoms in total. The lowest BCUT2D eigenvalue weighted by Crippen LogP contribution is -1.99. The zero-order chi connectivity index (χ0) is 12.4. The minimum Gasteiger partial charge on any atom is -0.238 e. The molecule has 17 heavy (non-hydrogen) atoms. The van der Waals surface area contributed by atoms with Gasteiger partial charge in [0.1, 0.15) is 6.07 Å². The van der Waals surface area contributed by atoms with Crippen LogP contribution in [-0.4, -0.2) is 16.0 Å². The molecule has 0 aliphatic carbocycles. The van der Waals surface area contributed by atoms with Gasteiger partial charge in [-0.1, -0.05) is 17.7 Å². The summed E-state index contributed by atoms with van der Waals surface area (Å²) in [7, 11) is 0. The fourth-order valence-electron chi connectivity index (χ4n) is 1.56. The molecule has 2 aromatic rings. The zero-order valence-corrected chi connectivity index (χ0v) is 11.0. The highest BCUT2D eigenvalue weighted by Gasteiger charge is 2.11. The molecule has 0 aliphatic rings. The molecule has 0 atom stereocenters. The number of nitriles is 1. The van der Waals surface area contributed by atoms with Gasteiger partial charge in [0.25, 0.3) is 0 Å². The van der Waals surface area contributed by atoms with Gasteiger partial charge in [0.2, 0.25) is 0 Å². The topological polar surface area (TPSA) is 41.6 Å². The molecular formula is C12H10ClN3S. The van der Waals surface area contributed by atoms with Crippen LogP contribution in [0.5, 0.6) is 0 Å². The van der Waals surface area contributed by atoms with E-state index in [0.29, 0.717) is 10.6 Å². The van der Waals surface area contributed by atoms with Gasteiger partial charge in [-0.15, -0.1) is 11.8 Å². The highest BCUT2D eigenvalue weighted by Crippen LogP contribution is 2.26. The van der Waals surface area contributed by atoms with E-state index in [2.05, 4.69) is 11.2 Å². The van der Waals surface area contributed by atoms with Crippen molar-refractivity contribution in [2.45, 2.75) is 11.8 Å². The van der Waals surface area contributed by atoms with E-state index in [1.807, 2.05) is 31.4 Å². The van der Waals surface area contributed by atoms with Crippen LogP contribution in [0.25, 0.3) is 5.69 Å².